The standard InChI is InChI=1S/C11H21NO4S/c1-3-16-11(13)7-17(14,15)10-6-8(2)4-5-9(10)12/h8-10H,3-7,12H2,1-2H3. The molecule has 0 aromatic rings. The van der Waals surface area contributed by atoms with Gasteiger partial charge in [0.1, 0.15) is 5.75 Å². The number of carbonyl (C=O) groups excluding carboxylic acids is 1. The Hall–Kier alpha value is -0.620. The molecule has 2 N–H and O–H groups in total. The Kier molecular flexibility index (Phi) is 4.94. The van der Waals surface area contributed by atoms with Crippen LogP contribution in [-0.2, 0) is 19.4 Å². The molecular formula is C11H21NO4S. The van der Waals surface area contributed by atoms with Crippen LogP contribution in [0.5, 0.6) is 0 Å². The SMILES string of the molecule is CCOC(=O)CS(=O)(=O)C1CC(C)CCC1N. The molecule has 0 saturated heterocycles. The van der Waals surface area contributed by atoms with E-state index in [9.17, 15) is 13.2 Å². The van der Waals surface area contributed by atoms with Crippen molar-refractivity contribution in [1.82, 2.24) is 0 Å². The second-order valence-corrected chi connectivity index (χ2v) is 6.95. The third-order valence-corrected chi connectivity index (χ3v) is 5.29. The zero-order valence-electron chi connectivity index (χ0n) is 10.4. The minimum absolute atomic E-state index is 0.196. The van der Waals surface area contributed by atoms with Crippen LogP contribution in [-0.4, -0.2) is 38.0 Å². The van der Waals surface area contributed by atoms with E-state index < -0.39 is 26.8 Å². The fourth-order valence-corrected chi connectivity index (χ4v) is 4.16. The molecule has 0 spiro atoms. The molecule has 5 nitrogen and oxygen atoms in total. The number of sulfone groups is 1. The maximum Gasteiger partial charge on any atom is 0.321 e. The maximum atomic E-state index is 12.0. The quantitative estimate of drug-likeness (QED) is 0.745. The van der Waals surface area contributed by atoms with Gasteiger partial charge in [-0.15, -0.1) is 0 Å². The number of hydrogen-bond donors (Lipinski definition) is 1. The highest BCUT2D eigenvalue weighted by molar-refractivity contribution is 7.92. The van der Waals surface area contributed by atoms with Gasteiger partial charge in [-0.25, -0.2) is 8.42 Å². The van der Waals surface area contributed by atoms with Gasteiger partial charge in [0.05, 0.1) is 11.9 Å². The van der Waals surface area contributed by atoms with Crippen LogP contribution in [0.4, 0.5) is 0 Å². The summed E-state index contributed by atoms with van der Waals surface area (Å²) in [6, 6.07) is -0.356. The van der Waals surface area contributed by atoms with Gasteiger partial charge >= 0.3 is 5.97 Å². The second kappa shape index (κ2) is 5.82. The number of hydrogen-bond acceptors (Lipinski definition) is 5. The molecule has 100 valence electrons. The third-order valence-electron chi connectivity index (χ3n) is 3.19. The summed E-state index contributed by atoms with van der Waals surface area (Å²) in [6.45, 7) is 3.86. The number of esters is 1. The first-order valence-electron chi connectivity index (χ1n) is 5.99. The molecule has 1 rings (SSSR count). The predicted molar refractivity (Wildman–Crippen MR) is 65.2 cm³/mol. The minimum atomic E-state index is -3.49. The molecule has 3 atom stereocenters. The van der Waals surface area contributed by atoms with Crippen molar-refractivity contribution in [2.45, 2.75) is 44.4 Å². The average molecular weight is 263 g/mol. The molecule has 0 heterocycles. The molecule has 1 saturated carbocycles. The van der Waals surface area contributed by atoms with E-state index in [0.717, 1.165) is 6.42 Å². The molecule has 0 radical (unpaired) electrons. The van der Waals surface area contributed by atoms with E-state index in [-0.39, 0.29) is 12.6 Å². The van der Waals surface area contributed by atoms with Crippen molar-refractivity contribution >= 4 is 15.8 Å². The van der Waals surface area contributed by atoms with Gasteiger partial charge in [-0.2, -0.15) is 0 Å². The highest BCUT2D eigenvalue weighted by Crippen LogP contribution is 2.28. The molecule has 1 aliphatic carbocycles. The predicted octanol–water partition coefficient (Wildman–Crippen LogP) is 0.480. The lowest BCUT2D eigenvalue weighted by molar-refractivity contribution is -0.139. The van der Waals surface area contributed by atoms with E-state index in [1.165, 1.54) is 0 Å². The van der Waals surface area contributed by atoms with Crippen LogP contribution in [0.25, 0.3) is 0 Å². The molecule has 0 aromatic carbocycles. The Labute approximate surface area is 103 Å². The maximum absolute atomic E-state index is 12.0. The largest absolute Gasteiger partial charge is 0.465 e. The van der Waals surface area contributed by atoms with E-state index in [1.807, 2.05) is 6.92 Å². The van der Waals surface area contributed by atoms with Crippen molar-refractivity contribution in [2.24, 2.45) is 11.7 Å². The third kappa shape index (κ3) is 3.96. The minimum Gasteiger partial charge on any atom is -0.465 e. The van der Waals surface area contributed by atoms with E-state index in [1.54, 1.807) is 6.92 Å². The molecule has 1 fully saturated rings. The van der Waals surface area contributed by atoms with Crippen molar-refractivity contribution in [3.8, 4) is 0 Å². The van der Waals surface area contributed by atoms with Crippen LogP contribution >= 0.6 is 0 Å². The zero-order chi connectivity index (χ0) is 13.1. The summed E-state index contributed by atoms with van der Waals surface area (Å²) < 4.78 is 28.8. The Morgan fingerprint density at radius 3 is 2.65 bits per heavy atom. The van der Waals surface area contributed by atoms with E-state index in [2.05, 4.69) is 4.74 Å². The van der Waals surface area contributed by atoms with Gasteiger partial charge < -0.3 is 10.5 Å². The summed E-state index contributed by atoms with van der Waals surface area (Å²) in [5.74, 6) is -0.888. The number of nitrogens with two attached hydrogens (primary N) is 1. The number of rotatable bonds is 4. The normalized spacial score (nSPS) is 29.9. The lowest BCUT2D eigenvalue weighted by atomic mass is 9.87. The molecule has 0 amide bonds. The van der Waals surface area contributed by atoms with Crippen molar-refractivity contribution in [1.29, 1.82) is 0 Å². The summed E-state index contributed by atoms with van der Waals surface area (Å²) in [6.07, 6.45) is 2.20. The van der Waals surface area contributed by atoms with Crippen LogP contribution in [0.1, 0.15) is 33.1 Å². The lowest BCUT2D eigenvalue weighted by Gasteiger charge is -2.31. The molecule has 3 unspecified atom stereocenters. The summed E-state index contributed by atoms with van der Waals surface area (Å²) in [5, 5.41) is -0.601. The van der Waals surface area contributed by atoms with Crippen molar-refractivity contribution in [3.05, 3.63) is 0 Å². The van der Waals surface area contributed by atoms with Crippen molar-refractivity contribution in [2.75, 3.05) is 12.4 Å². The number of carbonyl (C=O) groups is 1. The van der Waals surface area contributed by atoms with Gasteiger partial charge in [-0.05, 0) is 32.1 Å². The van der Waals surface area contributed by atoms with Crippen LogP contribution in [0.15, 0.2) is 0 Å². The Morgan fingerprint density at radius 1 is 1.41 bits per heavy atom. The molecule has 0 aromatic heterocycles. The lowest BCUT2D eigenvalue weighted by Crippen LogP contribution is -2.46. The highest BCUT2D eigenvalue weighted by Gasteiger charge is 2.37. The first-order chi connectivity index (χ1) is 7.86. The van der Waals surface area contributed by atoms with Crippen LogP contribution in [0, 0.1) is 5.92 Å². The topological polar surface area (TPSA) is 86.5 Å². The van der Waals surface area contributed by atoms with Crippen molar-refractivity contribution in [3.63, 3.8) is 0 Å². The fourth-order valence-electron chi connectivity index (χ4n) is 2.24. The molecule has 17 heavy (non-hydrogen) atoms. The van der Waals surface area contributed by atoms with Gasteiger partial charge in [0.2, 0.25) is 0 Å². The summed E-state index contributed by atoms with van der Waals surface area (Å²) in [4.78, 5) is 11.2. The first-order valence-corrected chi connectivity index (χ1v) is 7.71. The smallest absolute Gasteiger partial charge is 0.321 e. The van der Waals surface area contributed by atoms with Crippen LogP contribution in [0.2, 0.25) is 0 Å². The molecule has 0 bridgehead atoms. The monoisotopic (exact) mass is 263 g/mol. The average Bonchev–Trinajstić information content (AvgIpc) is 2.21. The highest BCUT2D eigenvalue weighted by atomic mass is 32.2. The van der Waals surface area contributed by atoms with E-state index in [4.69, 9.17) is 5.73 Å². The van der Waals surface area contributed by atoms with E-state index in [0.29, 0.717) is 18.8 Å². The Balaban J connectivity index is 2.71. The summed E-state index contributed by atoms with van der Waals surface area (Å²) in [7, 11) is -3.49. The van der Waals surface area contributed by atoms with Gasteiger partial charge in [0.15, 0.2) is 9.84 Å². The molecule has 0 aliphatic heterocycles. The van der Waals surface area contributed by atoms with Crippen molar-refractivity contribution < 1.29 is 17.9 Å². The van der Waals surface area contributed by atoms with Gasteiger partial charge in [0.25, 0.3) is 0 Å². The number of ether oxygens (including phenoxy) is 1. The summed E-state index contributed by atoms with van der Waals surface area (Å²) in [5.41, 5.74) is 5.85. The zero-order valence-corrected chi connectivity index (χ0v) is 11.2. The molecule has 1 aliphatic rings. The van der Waals surface area contributed by atoms with Gasteiger partial charge in [-0.1, -0.05) is 6.92 Å². The van der Waals surface area contributed by atoms with Crippen LogP contribution in [0.3, 0.4) is 0 Å². The fraction of sp³-hybridized carbons (Fsp3) is 0.909. The summed E-state index contributed by atoms with van der Waals surface area (Å²) >= 11 is 0. The van der Waals surface area contributed by atoms with Crippen LogP contribution < -0.4 is 5.73 Å². The van der Waals surface area contributed by atoms with Gasteiger partial charge in [-0.3, -0.25) is 4.79 Å². The Bertz CT molecular complexity index is 366. The molecule has 6 heteroatoms. The first kappa shape index (κ1) is 14.4. The second-order valence-electron chi connectivity index (χ2n) is 4.73. The van der Waals surface area contributed by atoms with E-state index >= 15 is 0 Å². The Morgan fingerprint density at radius 2 is 2.06 bits per heavy atom. The van der Waals surface area contributed by atoms with Gasteiger partial charge in [0, 0.05) is 6.04 Å². The molecular weight excluding hydrogens is 242 g/mol.